The monoisotopic (exact) mass is 364 g/mol. The van der Waals surface area contributed by atoms with Crippen LogP contribution in [0.3, 0.4) is 0 Å². The van der Waals surface area contributed by atoms with Gasteiger partial charge < -0.3 is 24.8 Å². The molecule has 1 aliphatic rings. The van der Waals surface area contributed by atoms with E-state index in [1.54, 1.807) is 0 Å². The summed E-state index contributed by atoms with van der Waals surface area (Å²) < 4.78 is 11.8. The zero-order chi connectivity index (χ0) is 18.7. The first kappa shape index (κ1) is 18.5. The van der Waals surface area contributed by atoms with E-state index in [0.29, 0.717) is 0 Å². The molecular weight excluding hydrogens is 344 g/mol. The molecule has 0 spiro atoms. The first-order valence-corrected chi connectivity index (χ1v) is 8.12. The van der Waals surface area contributed by atoms with Gasteiger partial charge in [0.15, 0.2) is 12.5 Å². The number of aromatic amines is 1. The first-order chi connectivity index (χ1) is 12.5. The van der Waals surface area contributed by atoms with Gasteiger partial charge in [-0.1, -0.05) is 30.3 Å². The standard InChI is InChI=1S/C17H20N2O7/c20-12-6-7-19(17(24)18-12)16-15(23)14(22)11(26-16)9-25-13(21)8-10-4-2-1-3-5-10/h1-7,11,13-16,21-23H,8-9H2,(H,18,20,24)/t11-,13?,14-,15-,16-/m1/s1. The normalized spacial score (nSPS) is 26.7. The summed E-state index contributed by atoms with van der Waals surface area (Å²) in [7, 11) is 0. The number of aliphatic hydroxyl groups excluding tert-OH is 3. The Morgan fingerprint density at radius 3 is 2.58 bits per heavy atom. The Kier molecular flexibility index (Phi) is 5.64. The lowest BCUT2D eigenvalue weighted by atomic mass is 10.1. The van der Waals surface area contributed by atoms with Gasteiger partial charge in [-0.05, 0) is 5.56 Å². The van der Waals surface area contributed by atoms with Gasteiger partial charge in [-0.25, -0.2) is 4.79 Å². The lowest BCUT2D eigenvalue weighted by Crippen LogP contribution is -2.37. The zero-order valence-corrected chi connectivity index (χ0v) is 13.8. The minimum atomic E-state index is -1.39. The van der Waals surface area contributed by atoms with Crippen molar-refractivity contribution in [1.29, 1.82) is 0 Å². The third-order valence-corrected chi connectivity index (χ3v) is 4.17. The molecule has 1 aromatic heterocycles. The fourth-order valence-corrected chi connectivity index (χ4v) is 2.80. The van der Waals surface area contributed by atoms with E-state index in [2.05, 4.69) is 4.98 Å². The maximum Gasteiger partial charge on any atom is 0.330 e. The lowest BCUT2D eigenvalue weighted by Gasteiger charge is -2.18. The molecule has 0 aliphatic carbocycles. The van der Waals surface area contributed by atoms with Crippen molar-refractivity contribution in [3.63, 3.8) is 0 Å². The minimum Gasteiger partial charge on any atom is -0.387 e. The van der Waals surface area contributed by atoms with Gasteiger partial charge >= 0.3 is 5.69 Å². The average Bonchev–Trinajstić information content (AvgIpc) is 2.89. The van der Waals surface area contributed by atoms with Crippen LogP contribution >= 0.6 is 0 Å². The number of H-pyrrole nitrogens is 1. The van der Waals surface area contributed by atoms with Crippen molar-refractivity contribution < 1.29 is 24.8 Å². The number of rotatable bonds is 6. The van der Waals surface area contributed by atoms with Crippen molar-refractivity contribution in [3.05, 3.63) is 69.0 Å². The number of aromatic nitrogens is 2. The van der Waals surface area contributed by atoms with Gasteiger partial charge in [0, 0.05) is 18.7 Å². The van der Waals surface area contributed by atoms with Crippen LogP contribution in [-0.2, 0) is 15.9 Å². The highest BCUT2D eigenvalue weighted by Gasteiger charge is 2.44. The molecule has 26 heavy (non-hydrogen) atoms. The molecule has 0 radical (unpaired) electrons. The molecule has 2 aromatic rings. The Bertz CT molecular complexity index is 835. The molecule has 1 aliphatic heterocycles. The third kappa shape index (κ3) is 4.09. The zero-order valence-electron chi connectivity index (χ0n) is 13.8. The van der Waals surface area contributed by atoms with E-state index in [-0.39, 0.29) is 13.0 Å². The van der Waals surface area contributed by atoms with E-state index >= 15 is 0 Å². The van der Waals surface area contributed by atoms with Crippen LogP contribution in [-0.4, -0.2) is 56.1 Å². The SMILES string of the molecule is O=c1ccn([C@@H]2O[C@H](COC(O)Cc3ccccc3)[C@@H](O)[C@H]2O)c(=O)[nH]1. The van der Waals surface area contributed by atoms with E-state index in [9.17, 15) is 24.9 Å². The Labute approximate surface area is 148 Å². The average molecular weight is 364 g/mol. The molecule has 9 nitrogen and oxygen atoms in total. The van der Waals surface area contributed by atoms with Crippen molar-refractivity contribution in [1.82, 2.24) is 9.55 Å². The van der Waals surface area contributed by atoms with Gasteiger partial charge in [0.1, 0.15) is 18.3 Å². The maximum atomic E-state index is 11.8. The van der Waals surface area contributed by atoms with Crippen LogP contribution in [0.4, 0.5) is 0 Å². The molecule has 4 N–H and O–H groups in total. The second-order valence-electron chi connectivity index (χ2n) is 6.04. The van der Waals surface area contributed by atoms with Gasteiger partial charge in [-0.15, -0.1) is 0 Å². The summed E-state index contributed by atoms with van der Waals surface area (Å²) in [6.45, 7) is -0.180. The fourth-order valence-electron chi connectivity index (χ4n) is 2.80. The maximum absolute atomic E-state index is 11.8. The van der Waals surface area contributed by atoms with Crippen LogP contribution in [0.1, 0.15) is 11.8 Å². The molecule has 1 fully saturated rings. The van der Waals surface area contributed by atoms with Crippen LogP contribution in [0.5, 0.6) is 0 Å². The van der Waals surface area contributed by atoms with Crippen molar-refractivity contribution in [2.75, 3.05) is 6.61 Å². The Hall–Kier alpha value is -2.30. The first-order valence-electron chi connectivity index (χ1n) is 8.12. The van der Waals surface area contributed by atoms with Crippen molar-refractivity contribution in [2.45, 2.75) is 37.3 Å². The van der Waals surface area contributed by atoms with E-state index in [1.165, 1.54) is 6.20 Å². The number of ether oxygens (including phenoxy) is 2. The van der Waals surface area contributed by atoms with Gasteiger partial charge in [-0.2, -0.15) is 0 Å². The molecule has 140 valence electrons. The van der Waals surface area contributed by atoms with Crippen LogP contribution in [0.15, 0.2) is 52.2 Å². The Morgan fingerprint density at radius 2 is 1.88 bits per heavy atom. The third-order valence-electron chi connectivity index (χ3n) is 4.17. The molecule has 1 saturated heterocycles. The summed E-state index contributed by atoms with van der Waals surface area (Å²) in [6.07, 6.45) is -4.50. The molecule has 9 heteroatoms. The predicted octanol–water partition coefficient (Wildman–Crippen LogP) is -1.27. The second kappa shape index (κ2) is 7.94. The number of hydrogen-bond acceptors (Lipinski definition) is 7. The lowest BCUT2D eigenvalue weighted by molar-refractivity contribution is -0.142. The van der Waals surface area contributed by atoms with Gasteiger partial charge in [0.05, 0.1) is 6.61 Å². The summed E-state index contributed by atoms with van der Waals surface area (Å²) in [4.78, 5) is 25.0. The highest BCUT2D eigenvalue weighted by Crippen LogP contribution is 2.28. The second-order valence-corrected chi connectivity index (χ2v) is 6.04. The Morgan fingerprint density at radius 1 is 1.15 bits per heavy atom. The van der Waals surface area contributed by atoms with E-state index in [4.69, 9.17) is 9.47 Å². The van der Waals surface area contributed by atoms with Crippen molar-refractivity contribution in [3.8, 4) is 0 Å². The molecular formula is C17H20N2O7. The molecule has 3 rings (SSSR count). The largest absolute Gasteiger partial charge is 0.387 e. The van der Waals surface area contributed by atoms with Crippen molar-refractivity contribution in [2.24, 2.45) is 0 Å². The van der Waals surface area contributed by atoms with E-state index in [1.807, 2.05) is 30.3 Å². The molecule has 2 heterocycles. The summed E-state index contributed by atoms with van der Waals surface area (Å²) >= 11 is 0. The molecule has 0 bridgehead atoms. The number of nitrogens with zero attached hydrogens (tertiary/aromatic N) is 1. The minimum absolute atomic E-state index is 0.180. The van der Waals surface area contributed by atoms with Crippen LogP contribution in [0, 0.1) is 0 Å². The fraction of sp³-hybridized carbons (Fsp3) is 0.412. The summed E-state index contributed by atoms with van der Waals surface area (Å²) in [6, 6.07) is 10.3. The van der Waals surface area contributed by atoms with E-state index < -0.39 is 42.1 Å². The highest BCUT2D eigenvalue weighted by molar-refractivity contribution is 5.14. The summed E-state index contributed by atoms with van der Waals surface area (Å²) in [5.41, 5.74) is -0.465. The predicted molar refractivity (Wildman–Crippen MR) is 89.4 cm³/mol. The molecule has 1 aromatic carbocycles. The molecule has 0 amide bonds. The molecule has 5 atom stereocenters. The van der Waals surface area contributed by atoms with Crippen LogP contribution in [0.2, 0.25) is 0 Å². The summed E-state index contributed by atoms with van der Waals surface area (Å²) in [5, 5.41) is 30.2. The molecule has 0 saturated carbocycles. The molecule has 1 unspecified atom stereocenters. The topological polar surface area (TPSA) is 134 Å². The Balaban J connectivity index is 1.61. The van der Waals surface area contributed by atoms with Gasteiger partial charge in [-0.3, -0.25) is 14.3 Å². The van der Waals surface area contributed by atoms with Crippen molar-refractivity contribution >= 4 is 0 Å². The van der Waals surface area contributed by atoms with Crippen LogP contribution in [0.25, 0.3) is 0 Å². The quantitative estimate of drug-likeness (QED) is 0.470. The van der Waals surface area contributed by atoms with Crippen LogP contribution < -0.4 is 11.2 Å². The number of aliphatic hydroxyl groups is 3. The number of benzene rings is 1. The van der Waals surface area contributed by atoms with Gasteiger partial charge in [0.2, 0.25) is 0 Å². The summed E-state index contributed by atoms with van der Waals surface area (Å²) in [5.74, 6) is 0. The van der Waals surface area contributed by atoms with Gasteiger partial charge in [0.25, 0.3) is 5.56 Å². The van der Waals surface area contributed by atoms with E-state index in [0.717, 1.165) is 16.2 Å². The highest BCUT2D eigenvalue weighted by atomic mass is 16.6. The number of nitrogens with one attached hydrogen (secondary N) is 1. The number of hydrogen-bond donors (Lipinski definition) is 4. The smallest absolute Gasteiger partial charge is 0.330 e.